The van der Waals surface area contributed by atoms with E-state index in [-0.39, 0.29) is 23.3 Å². The van der Waals surface area contributed by atoms with Crippen molar-refractivity contribution < 1.29 is 24.0 Å². The average molecular weight is 476 g/mol. The van der Waals surface area contributed by atoms with Gasteiger partial charge in [-0.1, -0.05) is 32.9 Å². The number of nitro benzene ring substituents is 1. The van der Waals surface area contributed by atoms with Crippen LogP contribution < -0.4 is 14.9 Å². The number of rotatable bonds is 8. The van der Waals surface area contributed by atoms with Gasteiger partial charge in [0.25, 0.3) is 11.6 Å². The monoisotopic (exact) mass is 475 g/mol. The molecule has 3 rings (SSSR count). The zero-order chi connectivity index (χ0) is 25.4. The third-order valence-corrected chi connectivity index (χ3v) is 4.90. The summed E-state index contributed by atoms with van der Waals surface area (Å²) in [5, 5.41) is 14.6. The van der Waals surface area contributed by atoms with Gasteiger partial charge < -0.3 is 9.47 Å². The molecule has 0 saturated carbocycles. The molecule has 3 aromatic rings. The van der Waals surface area contributed by atoms with Crippen molar-refractivity contribution in [3.05, 3.63) is 99.6 Å². The molecule has 0 aliphatic carbocycles. The molecule has 0 spiro atoms. The molecule has 0 heterocycles. The van der Waals surface area contributed by atoms with Crippen LogP contribution in [0.25, 0.3) is 0 Å². The highest BCUT2D eigenvalue weighted by Crippen LogP contribution is 2.24. The molecule has 0 aliphatic rings. The lowest BCUT2D eigenvalue weighted by molar-refractivity contribution is -0.384. The average Bonchev–Trinajstić information content (AvgIpc) is 2.83. The van der Waals surface area contributed by atoms with Crippen LogP contribution in [0.4, 0.5) is 5.69 Å². The molecule has 0 fully saturated rings. The van der Waals surface area contributed by atoms with Crippen molar-refractivity contribution >= 4 is 23.8 Å². The SMILES string of the molecule is CC(C)(C)c1ccc(OCC(=O)NN=Cc2ccc(OC(=O)c3ccc([N+](=O)[O-])cc3)cc2)cc1. The van der Waals surface area contributed by atoms with Gasteiger partial charge in [-0.05, 0) is 65.1 Å². The van der Waals surface area contributed by atoms with Gasteiger partial charge in [0.1, 0.15) is 11.5 Å². The number of nitrogens with one attached hydrogen (secondary N) is 1. The number of carbonyl (C=O) groups excluding carboxylic acids is 2. The Labute approximate surface area is 202 Å². The van der Waals surface area contributed by atoms with Crippen LogP contribution in [0.15, 0.2) is 77.9 Å². The maximum absolute atomic E-state index is 12.2. The minimum Gasteiger partial charge on any atom is -0.484 e. The van der Waals surface area contributed by atoms with Crippen molar-refractivity contribution in [1.29, 1.82) is 0 Å². The standard InChI is InChI=1S/C26H25N3O6/c1-26(2,3)20-8-14-22(15-9-20)34-17-24(30)28-27-16-18-4-12-23(13-5-18)35-25(31)19-6-10-21(11-7-19)29(32)33/h4-16H,17H2,1-3H3,(H,28,30). The minimum atomic E-state index is -0.637. The van der Waals surface area contributed by atoms with E-state index in [0.29, 0.717) is 17.1 Å². The topological polar surface area (TPSA) is 120 Å². The summed E-state index contributed by atoms with van der Waals surface area (Å²) < 4.78 is 10.7. The second-order valence-corrected chi connectivity index (χ2v) is 8.62. The number of nitrogens with zero attached hydrogens (tertiary/aromatic N) is 2. The van der Waals surface area contributed by atoms with Gasteiger partial charge in [0.2, 0.25) is 0 Å². The van der Waals surface area contributed by atoms with Gasteiger partial charge in [-0.15, -0.1) is 0 Å². The van der Waals surface area contributed by atoms with Crippen molar-refractivity contribution in [1.82, 2.24) is 5.43 Å². The summed E-state index contributed by atoms with van der Waals surface area (Å²) in [7, 11) is 0. The van der Waals surface area contributed by atoms with Gasteiger partial charge in [0, 0.05) is 12.1 Å². The number of hydrogen-bond acceptors (Lipinski definition) is 7. The number of carbonyl (C=O) groups is 2. The third-order valence-electron chi connectivity index (χ3n) is 4.90. The first-order chi connectivity index (χ1) is 16.6. The van der Waals surface area contributed by atoms with Crippen LogP contribution in [0, 0.1) is 10.1 Å². The lowest BCUT2D eigenvalue weighted by atomic mass is 9.87. The Morgan fingerprint density at radius 1 is 0.943 bits per heavy atom. The highest BCUT2D eigenvalue weighted by molar-refractivity contribution is 5.91. The second-order valence-electron chi connectivity index (χ2n) is 8.62. The molecule has 0 radical (unpaired) electrons. The quantitative estimate of drug-likeness (QED) is 0.167. The van der Waals surface area contributed by atoms with Gasteiger partial charge in [0.15, 0.2) is 6.61 Å². The van der Waals surface area contributed by atoms with Crippen LogP contribution >= 0.6 is 0 Å². The molecule has 35 heavy (non-hydrogen) atoms. The summed E-state index contributed by atoms with van der Waals surface area (Å²) in [5.74, 6) is -0.159. The van der Waals surface area contributed by atoms with Crippen LogP contribution in [0.3, 0.4) is 0 Å². The van der Waals surface area contributed by atoms with Crippen LogP contribution in [0.5, 0.6) is 11.5 Å². The third kappa shape index (κ3) is 7.50. The highest BCUT2D eigenvalue weighted by atomic mass is 16.6. The first-order valence-corrected chi connectivity index (χ1v) is 10.7. The Morgan fingerprint density at radius 3 is 2.11 bits per heavy atom. The zero-order valence-corrected chi connectivity index (χ0v) is 19.6. The molecule has 9 nitrogen and oxygen atoms in total. The fraction of sp³-hybridized carbons (Fsp3) is 0.192. The number of nitro groups is 1. The predicted octanol–water partition coefficient (Wildman–Crippen LogP) is 4.64. The number of hydrazone groups is 1. The van der Waals surface area contributed by atoms with Crippen molar-refractivity contribution in [3.8, 4) is 11.5 Å². The maximum Gasteiger partial charge on any atom is 0.343 e. The fourth-order valence-corrected chi connectivity index (χ4v) is 2.92. The van der Waals surface area contributed by atoms with E-state index in [2.05, 4.69) is 31.3 Å². The molecule has 0 unspecified atom stereocenters. The Balaban J connectivity index is 1.45. The summed E-state index contributed by atoms with van der Waals surface area (Å²) in [5.41, 5.74) is 4.35. The Morgan fingerprint density at radius 2 is 1.54 bits per heavy atom. The van der Waals surface area contributed by atoms with Gasteiger partial charge in [-0.3, -0.25) is 14.9 Å². The highest BCUT2D eigenvalue weighted by Gasteiger charge is 2.13. The Hall–Kier alpha value is -4.53. The largest absolute Gasteiger partial charge is 0.484 e. The summed E-state index contributed by atoms with van der Waals surface area (Å²) in [6, 6.07) is 19.2. The molecular formula is C26H25N3O6. The first kappa shape index (κ1) is 25.1. The second kappa shape index (κ2) is 11.1. The molecule has 9 heteroatoms. The fourth-order valence-electron chi connectivity index (χ4n) is 2.92. The van der Waals surface area contributed by atoms with Crippen molar-refractivity contribution in [2.75, 3.05) is 6.61 Å². The van der Waals surface area contributed by atoms with E-state index in [1.165, 1.54) is 36.0 Å². The van der Waals surface area contributed by atoms with Gasteiger partial charge >= 0.3 is 5.97 Å². The normalized spacial score (nSPS) is 11.2. The molecule has 0 bridgehead atoms. The zero-order valence-electron chi connectivity index (χ0n) is 19.6. The molecule has 0 aromatic heterocycles. The number of esters is 1. The van der Waals surface area contributed by atoms with Crippen LogP contribution in [0.1, 0.15) is 42.3 Å². The lowest BCUT2D eigenvalue weighted by Crippen LogP contribution is -2.24. The number of non-ortho nitro benzene ring substituents is 1. The summed E-state index contributed by atoms with van der Waals surface area (Å²) in [6.45, 7) is 6.19. The Kier molecular flexibility index (Phi) is 7.93. The summed E-state index contributed by atoms with van der Waals surface area (Å²) in [6.07, 6.45) is 1.44. The number of benzene rings is 3. The summed E-state index contributed by atoms with van der Waals surface area (Å²) >= 11 is 0. The van der Waals surface area contributed by atoms with Crippen molar-refractivity contribution in [2.24, 2.45) is 5.10 Å². The van der Waals surface area contributed by atoms with Crippen molar-refractivity contribution in [3.63, 3.8) is 0 Å². The number of amides is 1. The molecule has 1 N–H and O–H groups in total. The van der Waals surface area contributed by atoms with E-state index in [1.54, 1.807) is 24.3 Å². The smallest absolute Gasteiger partial charge is 0.343 e. The number of ether oxygens (including phenoxy) is 2. The maximum atomic E-state index is 12.2. The van der Waals surface area contributed by atoms with E-state index in [0.717, 1.165) is 0 Å². The van der Waals surface area contributed by atoms with Gasteiger partial charge in [-0.2, -0.15) is 5.10 Å². The summed E-state index contributed by atoms with van der Waals surface area (Å²) in [4.78, 5) is 34.3. The van der Waals surface area contributed by atoms with E-state index >= 15 is 0 Å². The van der Waals surface area contributed by atoms with E-state index < -0.39 is 16.8 Å². The lowest BCUT2D eigenvalue weighted by Gasteiger charge is -2.19. The van der Waals surface area contributed by atoms with E-state index in [9.17, 15) is 19.7 Å². The predicted molar refractivity (Wildman–Crippen MR) is 131 cm³/mol. The Bertz CT molecular complexity index is 1210. The van der Waals surface area contributed by atoms with Crippen LogP contribution in [-0.2, 0) is 10.2 Å². The van der Waals surface area contributed by atoms with Gasteiger partial charge in [-0.25, -0.2) is 10.2 Å². The van der Waals surface area contributed by atoms with Gasteiger partial charge in [0.05, 0.1) is 16.7 Å². The molecule has 0 saturated heterocycles. The molecule has 1 amide bonds. The van der Waals surface area contributed by atoms with Crippen molar-refractivity contribution in [2.45, 2.75) is 26.2 Å². The molecular weight excluding hydrogens is 450 g/mol. The molecule has 0 aliphatic heterocycles. The molecule has 3 aromatic carbocycles. The molecule has 180 valence electrons. The first-order valence-electron chi connectivity index (χ1n) is 10.7. The van der Waals surface area contributed by atoms with Crippen LogP contribution in [-0.4, -0.2) is 29.6 Å². The molecule has 0 atom stereocenters. The number of hydrogen-bond donors (Lipinski definition) is 1. The van der Waals surface area contributed by atoms with E-state index in [1.807, 2.05) is 24.3 Å². The minimum absolute atomic E-state index is 0.0393. The van der Waals surface area contributed by atoms with Crippen LogP contribution in [0.2, 0.25) is 0 Å². The van der Waals surface area contributed by atoms with E-state index in [4.69, 9.17) is 9.47 Å².